The van der Waals surface area contributed by atoms with E-state index >= 15 is 0 Å². The molecule has 8 rings (SSSR count). The lowest BCUT2D eigenvalue weighted by Crippen LogP contribution is -2.44. The summed E-state index contributed by atoms with van der Waals surface area (Å²) in [7, 11) is 1.67. The van der Waals surface area contributed by atoms with E-state index in [9.17, 15) is 32.8 Å². The molecule has 64 heavy (non-hydrogen) atoms. The van der Waals surface area contributed by atoms with E-state index in [4.69, 9.17) is 13.9 Å². The Morgan fingerprint density at radius 3 is 2.47 bits per heavy atom. The Morgan fingerprint density at radius 2 is 1.72 bits per heavy atom. The van der Waals surface area contributed by atoms with E-state index in [1.807, 2.05) is 24.3 Å². The number of amides is 3. The standard InChI is InChI=1S/C46H48F2N8O8/c1-54-38-24-29(9-15-36(38)56(46(54)61)37-16-17-40(58)52-44(37)60)4-2-20-62-22-23-63-21-3-5-39(57)30-10-13-33(14-11-30)55-26-34(41(53-55)42(47)48)50-43(59)35-27-64-45(51-35)31-18-19-49-32(25-31)12-8-28-6-7-28/h9-11,13-15,18-19,24-28,37,42H,2-8,12,16-17,20-23H2,1H3,(H,50,59)(H,52,58,60). The zero-order valence-corrected chi connectivity index (χ0v) is 35.3. The summed E-state index contributed by atoms with van der Waals surface area (Å²) >= 11 is 0. The van der Waals surface area contributed by atoms with Gasteiger partial charge >= 0.3 is 5.69 Å². The van der Waals surface area contributed by atoms with E-state index in [-0.39, 0.29) is 53.9 Å². The number of oxazole rings is 1. The number of nitrogens with zero attached hydrogens (tertiary/aromatic N) is 6. The van der Waals surface area contributed by atoms with Crippen LogP contribution < -0.4 is 16.3 Å². The first kappa shape index (κ1) is 44.0. The molecule has 4 aromatic heterocycles. The summed E-state index contributed by atoms with van der Waals surface area (Å²) in [5.41, 5.74) is 3.60. The molecular formula is C46H48F2N8O8. The van der Waals surface area contributed by atoms with Crippen LogP contribution in [-0.4, -0.2) is 78.8 Å². The summed E-state index contributed by atoms with van der Waals surface area (Å²) in [5.74, 6) is -0.666. The van der Waals surface area contributed by atoms with E-state index in [1.165, 1.54) is 39.1 Å². The predicted molar refractivity (Wildman–Crippen MR) is 229 cm³/mol. The Morgan fingerprint density at radius 1 is 0.938 bits per heavy atom. The zero-order valence-electron chi connectivity index (χ0n) is 35.3. The van der Waals surface area contributed by atoms with Gasteiger partial charge in [0, 0.05) is 56.1 Å². The number of Topliss-reactive ketones (excluding diaryl/α,β-unsaturated/α-hetero) is 1. The van der Waals surface area contributed by atoms with Crippen molar-refractivity contribution in [3.05, 3.63) is 112 Å². The molecule has 0 bridgehead atoms. The van der Waals surface area contributed by atoms with E-state index < -0.39 is 30.0 Å². The zero-order chi connectivity index (χ0) is 44.7. The summed E-state index contributed by atoms with van der Waals surface area (Å²) in [6, 6.07) is 15.0. The number of piperidine rings is 1. The van der Waals surface area contributed by atoms with Crippen molar-refractivity contribution in [2.45, 2.75) is 76.7 Å². The number of imide groups is 1. The number of benzene rings is 2. The molecule has 3 amide bonds. The van der Waals surface area contributed by atoms with Gasteiger partial charge in [-0.25, -0.2) is 23.2 Å². The van der Waals surface area contributed by atoms with Crippen LogP contribution in [-0.2, 0) is 39.0 Å². The van der Waals surface area contributed by atoms with E-state index in [0.29, 0.717) is 60.7 Å². The molecule has 6 aromatic rings. The van der Waals surface area contributed by atoms with Gasteiger partial charge in [-0.05, 0) is 98.5 Å². The van der Waals surface area contributed by atoms with Crippen LogP contribution in [0.3, 0.4) is 0 Å². The van der Waals surface area contributed by atoms with Crippen LogP contribution in [0.4, 0.5) is 14.5 Å². The minimum absolute atomic E-state index is 0.0841. The highest BCUT2D eigenvalue weighted by Crippen LogP contribution is 2.34. The van der Waals surface area contributed by atoms with Gasteiger partial charge in [0.15, 0.2) is 17.2 Å². The maximum Gasteiger partial charge on any atom is 0.329 e. The molecule has 1 aliphatic carbocycles. The fourth-order valence-electron chi connectivity index (χ4n) is 7.75. The Bertz CT molecular complexity index is 2720. The van der Waals surface area contributed by atoms with Crippen LogP contribution >= 0.6 is 0 Å². The van der Waals surface area contributed by atoms with Gasteiger partial charge in [-0.2, -0.15) is 5.10 Å². The number of anilines is 1. The molecule has 2 aromatic carbocycles. The van der Waals surface area contributed by atoms with Gasteiger partial charge in [0.2, 0.25) is 17.7 Å². The van der Waals surface area contributed by atoms with Gasteiger partial charge in [-0.3, -0.25) is 38.6 Å². The number of ketones is 1. The smallest absolute Gasteiger partial charge is 0.329 e. The topological polar surface area (TPSA) is 194 Å². The maximum atomic E-state index is 14.0. The molecule has 2 aliphatic rings. The number of rotatable bonds is 21. The van der Waals surface area contributed by atoms with Crippen molar-refractivity contribution in [3.8, 4) is 17.1 Å². The number of aromatic nitrogens is 6. The van der Waals surface area contributed by atoms with Crippen LogP contribution in [0, 0.1) is 5.92 Å². The molecule has 16 nitrogen and oxygen atoms in total. The summed E-state index contributed by atoms with van der Waals surface area (Å²) in [6.45, 7) is 1.62. The number of hydrogen-bond acceptors (Lipinski definition) is 11. The second-order valence-electron chi connectivity index (χ2n) is 16.1. The van der Waals surface area contributed by atoms with Crippen LogP contribution in [0.2, 0.25) is 0 Å². The van der Waals surface area contributed by atoms with Gasteiger partial charge in [0.25, 0.3) is 12.3 Å². The molecule has 0 spiro atoms. The third-order valence-electron chi connectivity index (χ3n) is 11.5. The Hall–Kier alpha value is -6.66. The highest BCUT2D eigenvalue weighted by atomic mass is 19.3. The number of imidazole rings is 1. The molecule has 2 fully saturated rings. The summed E-state index contributed by atoms with van der Waals surface area (Å²) in [5, 5.41) is 8.81. The van der Waals surface area contributed by atoms with Gasteiger partial charge in [-0.1, -0.05) is 18.9 Å². The van der Waals surface area contributed by atoms with Crippen molar-refractivity contribution in [2.75, 3.05) is 31.7 Å². The molecule has 5 heterocycles. The number of aryl methyl sites for hydroxylation is 3. The van der Waals surface area contributed by atoms with Crippen LogP contribution in [0.5, 0.6) is 0 Å². The summed E-state index contributed by atoms with van der Waals surface area (Å²) in [4.78, 5) is 71.7. The van der Waals surface area contributed by atoms with Crippen LogP contribution in [0.15, 0.2) is 82.5 Å². The van der Waals surface area contributed by atoms with Gasteiger partial charge in [0.1, 0.15) is 12.3 Å². The Kier molecular flexibility index (Phi) is 13.6. The minimum atomic E-state index is -2.98. The lowest BCUT2D eigenvalue weighted by atomic mass is 10.1. The lowest BCUT2D eigenvalue weighted by Gasteiger charge is -2.21. The molecule has 1 saturated heterocycles. The first-order valence-corrected chi connectivity index (χ1v) is 21.4. The summed E-state index contributed by atoms with van der Waals surface area (Å²) in [6.07, 6.45) is 8.22. The van der Waals surface area contributed by atoms with E-state index in [2.05, 4.69) is 25.7 Å². The monoisotopic (exact) mass is 878 g/mol. The molecular weight excluding hydrogens is 831 g/mol. The highest BCUT2D eigenvalue weighted by Gasteiger charge is 2.31. The fourth-order valence-corrected chi connectivity index (χ4v) is 7.75. The van der Waals surface area contributed by atoms with Crippen LogP contribution in [0.1, 0.15) is 102 Å². The predicted octanol–water partition coefficient (Wildman–Crippen LogP) is 6.71. The van der Waals surface area contributed by atoms with Gasteiger partial charge in [-0.15, -0.1) is 0 Å². The molecule has 0 radical (unpaired) electrons. The average molecular weight is 879 g/mol. The number of hydrogen-bond donors (Lipinski definition) is 2. The first-order chi connectivity index (χ1) is 31.0. The third-order valence-corrected chi connectivity index (χ3v) is 11.5. The fraction of sp³-hybridized carbons (Fsp3) is 0.391. The van der Waals surface area contributed by atoms with Crippen molar-refractivity contribution in [2.24, 2.45) is 13.0 Å². The molecule has 334 valence electrons. The average Bonchev–Trinajstić information content (AvgIpc) is 3.71. The molecule has 1 unspecified atom stereocenters. The Labute approximate surface area is 366 Å². The molecule has 1 aliphatic heterocycles. The number of carbonyl (C=O) groups is 4. The third kappa shape index (κ3) is 10.4. The SMILES string of the molecule is Cn1c(=O)n(C2CCC(=O)NC2=O)c2ccc(CCCOCCOCCCC(=O)c3ccc(-n4cc(NC(=O)c5coc(-c6ccnc(CCC7CC7)c6)n5)c(C(F)F)n4)cc3)cc21. The summed E-state index contributed by atoms with van der Waals surface area (Å²) < 4.78 is 49.2. The molecule has 1 saturated carbocycles. The normalized spacial score (nSPS) is 15.3. The molecule has 18 heteroatoms. The quantitative estimate of drug-likeness (QED) is 0.0443. The molecule has 1 atom stereocenters. The number of fused-ring (bicyclic) bond motifs is 1. The van der Waals surface area contributed by atoms with Gasteiger partial charge < -0.3 is 19.2 Å². The van der Waals surface area contributed by atoms with E-state index in [0.717, 1.165) is 42.9 Å². The first-order valence-electron chi connectivity index (χ1n) is 21.4. The number of carbonyl (C=O) groups excluding carboxylic acids is 4. The number of nitrogens with one attached hydrogen (secondary N) is 2. The number of pyridine rings is 1. The number of ether oxygens (including phenoxy) is 2. The number of alkyl halides is 2. The second-order valence-corrected chi connectivity index (χ2v) is 16.1. The largest absolute Gasteiger partial charge is 0.444 e. The van der Waals surface area contributed by atoms with Crippen molar-refractivity contribution in [1.29, 1.82) is 0 Å². The minimum Gasteiger partial charge on any atom is -0.444 e. The molecule has 2 N–H and O–H groups in total. The second kappa shape index (κ2) is 19.8. The lowest BCUT2D eigenvalue weighted by molar-refractivity contribution is -0.135. The van der Waals surface area contributed by atoms with Crippen molar-refractivity contribution >= 4 is 40.2 Å². The highest BCUT2D eigenvalue weighted by molar-refractivity contribution is 6.03. The number of halogens is 2. The van der Waals surface area contributed by atoms with Crippen LogP contribution in [0.25, 0.3) is 28.2 Å². The van der Waals surface area contributed by atoms with Gasteiger partial charge in [0.05, 0.1) is 41.8 Å². The maximum absolute atomic E-state index is 14.0. The van der Waals surface area contributed by atoms with E-state index in [1.54, 1.807) is 43.6 Å². The van der Waals surface area contributed by atoms with Crippen molar-refractivity contribution in [1.82, 2.24) is 34.2 Å². The van der Waals surface area contributed by atoms with Crippen molar-refractivity contribution < 1.29 is 41.8 Å². The Balaban J connectivity index is 0.742. The van der Waals surface area contributed by atoms with Crippen molar-refractivity contribution in [3.63, 3.8) is 0 Å².